The molecule has 0 aromatic carbocycles. The lowest BCUT2D eigenvalue weighted by Gasteiger charge is -2.15. The molecular weight excluding hydrogens is 184 g/mol. The Morgan fingerprint density at radius 2 is 1.33 bits per heavy atom. The van der Waals surface area contributed by atoms with Crippen LogP contribution in [-0.2, 0) is 0 Å². The fourth-order valence-corrected chi connectivity index (χ4v) is 2.37. The van der Waals surface area contributed by atoms with Crippen LogP contribution in [-0.4, -0.2) is 26.2 Å². The predicted molar refractivity (Wildman–Crippen MR) is 67.3 cm³/mol. The first-order valence-electron chi connectivity index (χ1n) is 6.81. The summed E-state index contributed by atoms with van der Waals surface area (Å²) in [4.78, 5) is 0. The summed E-state index contributed by atoms with van der Waals surface area (Å²) in [7, 11) is 2.11. The van der Waals surface area contributed by atoms with Crippen LogP contribution < -0.4 is 10.6 Å². The minimum atomic E-state index is 0.769. The van der Waals surface area contributed by atoms with Gasteiger partial charge in [-0.3, -0.25) is 0 Å². The van der Waals surface area contributed by atoms with Crippen molar-refractivity contribution in [3.05, 3.63) is 0 Å². The summed E-state index contributed by atoms with van der Waals surface area (Å²) in [5.74, 6) is 0. The Hall–Kier alpha value is -0.0800. The van der Waals surface area contributed by atoms with Crippen molar-refractivity contribution in [1.29, 1.82) is 0 Å². The van der Waals surface area contributed by atoms with Crippen LogP contribution in [0, 0.1) is 0 Å². The van der Waals surface area contributed by atoms with E-state index < -0.39 is 0 Å². The summed E-state index contributed by atoms with van der Waals surface area (Å²) < 4.78 is 0. The highest BCUT2D eigenvalue weighted by molar-refractivity contribution is 4.65. The van der Waals surface area contributed by atoms with Crippen LogP contribution in [0.3, 0.4) is 0 Å². The summed E-state index contributed by atoms with van der Waals surface area (Å²) in [6, 6.07) is 0.769. The molecule has 1 fully saturated rings. The quantitative estimate of drug-likeness (QED) is 0.698. The zero-order chi connectivity index (χ0) is 10.8. The van der Waals surface area contributed by atoms with Crippen molar-refractivity contribution in [2.24, 2.45) is 0 Å². The fourth-order valence-electron chi connectivity index (χ4n) is 2.37. The molecule has 1 saturated heterocycles. The van der Waals surface area contributed by atoms with Gasteiger partial charge >= 0.3 is 0 Å². The Morgan fingerprint density at radius 3 is 2.07 bits per heavy atom. The van der Waals surface area contributed by atoms with E-state index in [0.717, 1.165) is 6.04 Å². The molecule has 90 valence electrons. The first-order valence-corrected chi connectivity index (χ1v) is 6.81. The Labute approximate surface area is 95.2 Å². The van der Waals surface area contributed by atoms with Crippen LogP contribution in [0.4, 0.5) is 0 Å². The number of rotatable bonds is 1. The van der Waals surface area contributed by atoms with Gasteiger partial charge in [0.1, 0.15) is 0 Å². The lowest BCUT2D eigenvalue weighted by molar-refractivity contribution is 0.445. The molecule has 1 aliphatic heterocycles. The molecule has 1 heterocycles. The van der Waals surface area contributed by atoms with Gasteiger partial charge in [-0.05, 0) is 45.8 Å². The second-order valence-corrected chi connectivity index (χ2v) is 4.79. The monoisotopic (exact) mass is 212 g/mol. The summed E-state index contributed by atoms with van der Waals surface area (Å²) in [5.41, 5.74) is 0. The Kier molecular flexibility index (Phi) is 7.94. The molecule has 0 spiro atoms. The molecule has 2 heteroatoms. The van der Waals surface area contributed by atoms with E-state index in [9.17, 15) is 0 Å². The Morgan fingerprint density at radius 1 is 0.800 bits per heavy atom. The lowest BCUT2D eigenvalue weighted by atomic mass is 10.0. The second kappa shape index (κ2) is 9.17. The normalized spacial score (nSPS) is 27.4. The van der Waals surface area contributed by atoms with Gasteiger partial charge in [0.15, 0.2) is 0 Å². The molecule has 0 saturated carbocycles. The molecule has 1 rings (SSSR count). The van der Waals surface area contributed by atoms with Gasteiger partial charge in [-0.25, -0.2) is 0 Å². The highest BCUT2D eigenvalue weighted by Crippen LogP contribution is 2.11. The first kappa shape index (κ1) is 13.0. The molecule has 0 aromatic rings. The summed E-state index contributed by atoms with van der Waals surface area (Å²) in [6.45, 7) is 2.45. The fraction of sp³-hybridized carbons (Fsp3) is 1.00. The second-order valence-electron chi connectivity index (χ2n) is 4.79. The van der Waals surface area contributed by atoms with E-state index in [1.54, 1.807) is 0 Å². The maximum Gasteiger partial charge on any atom is 0.00640 e. The molecule has 15 heavy (non-hydrogen) atoms. The first-order chi connectivity index (χ1) is 7.43. The SMILES string of the molecule is CNC1CCCCCCCNCCCC1. The summed E-state index contributed by atoms with van der Waals surface area (Å²) >= 11 is 0. The van der Waals surface area contributed by atoms with Gasteiger partial charge in [0.25, 0.3) is 0 Å². The number of hydrogen-bond donors (Lipinski definition) is 2. The van der Waals surface area contributed by atoms with Crippen molar-refractivity contribution in [2.45, 2.75) is 63.8 Å². The molecule has 0 amide bonds. The van der Waals surface area contributed by atoms with E-state index in [0.29, 0.717) is 0 Å². The van der Waals surface area contributed by atoms with Gasteiger partial charge in [-0.2, -0.15) is 0 Å². The van der Waals surface area contributed by atoms with Crippen LogP contribution in [0.2, 0.25) is 0 Å². The zero-order valence-electron chi connectivity index (χ0n) is 10.4. The third-order valence-electron chi connectivity index (χ3n) is 3.47. The highest BCUT2D eigenvalue weighted by atomic mass is 14.9. The van der Waals surface area contributed by atoms with E-state index in [1.807, 2.05) is 0 Å². The average Bonchev–Trinajstić information content (AvgIpc) is 2.29. The van der Waals surface area contributed by atoms with E-state index in [4.69, 9.17) is 0 Å². The maximum atomic E-state index is 3.54. The summed E-state index contributed by atoms with van der Waals surface area (Å²) in [6.07, 6.45) is 12.5. The molecule has 0 aromatic heterocycles. The van der Waals surface area contributed by atoms with Crippen molar-refractivity contribution in [3.8, 4) is 0 Å². The molecule has 0 radical (unpaired) electrons. The van der Waals surface area contributed by atoms with Crippen molar-refractivity contribution in [3.63, 3.8) is 0 Å². The van der Waals surface area contributed by atoms with Gasteiger partial charge in [0.05, 0.1) is 0 Å². The van der Waals surface area contributed by atoms with Gasteiger partial charge in [0.2, 0.25) is 0 Å². The van der Waals surface area contributed by atoms with Gasteiger partial charge < -0.3 is 10.6 Å². The van der Waals surface area contributed by atoms with Crippen LogP contribution in [0.1, 0.15) is 57.8 Å². The Bertz CT molecular complexity index is 122. The predicted octanol–water partition coefficient (Wildman–Crippen LogP) is 2.69. The largest absolute Gasteiger partial charge is 0.317 e. The Balaban J connectivity index is 2.17. The van der Waals surface area contributed by atoms with Crippen LogP contribution >= 0.6 is 0 Å². The third-order valence-corrected chi connectivity index (χ3v) is 3.47. The molecule has 0 aliphatic carbocycles. The van der Waals surface area contributed by atoms with E-state index in [-0.39, 0.29) is 0 Å². The standard InChI is InChI=1S/C13H28N2/c1-14-13-9-5-3-2-4-7-11-15-12-8-6-10-13/h13-15H,2-12H2,1H3. The molecule has 1 atom stereocenters. The third kappa shape index (κ3) is 6.91. The minimum absolute atomic E-state index is 0.769. The molecule has 2 nitrogen and oxygen atoms in total. The van der Waals surface area contributed by atoms with Gasteiger partial charge in [0, 0.05) is 6.04 Å². The molecule has 1 aliphatic rings. The van der Waals surface area contributed by atoms with E-state index in [1.165, 1.54) is 70.9 Å². The van der Waals surface area contributed by atoms with E-state index >= 15 is 0 Å². The zero-order valence-corrected chi connectivity index (χ0v) is 10.4. The molecule has 2 N–H and O–H groups in total. The van der Waals surface area contributed by atoms with Crippen molar-refractivity contribution in [2.75, 3.05) is 20.1 Å². The molecule has 0 bridgehead atoms. The van der Waals surface area contributed by atoms with Crippen LogP contribution in [0.5, 0.6) is 0 Å². The topological polar surface area (TPSA) is 24.1 Å². The van der Waals surface area contributed by atoms with Crippen molar-refractivity contribution in [1.82, 2.24) is 10.6 Å². The summed E-state index contributed by atoms with van der Waals surface area (Å²) in [5, 5.41) is 6.99. The van der Waals surface area contributed by atoms with Crippen molar-refractivity contribution >= 4 is 0 Å². The maximum absolute atomic E-state index is 3.54. The lowest BCUT2D eigenvalue weighted by Crippen LogP contribution is -2.25. The average molecular weight is 212 g/mol. The van der Waals surface area contributed by atoms with Crippen LogP contribution in [0.15, 0.2) is 0 Å². The van der Waals surface area contributed by atoms with Crippen LogP contribution in [0.25, 0.3) is 0 Å². The minimum Gasteiger partial charge on any atom is -0.317 e. The smallest absolute Gasteiger partial charge is 0.00640 e. The molecular formula is C13H28N2. The highest BCUT2D eigenvalue weighted by Gasteiger charge is 2.05. The van der Waals surface area contributed by atoms with Gasteiger partial charge in [-0.1, -0.05) is 32.1 Å². The molecule has 1 unspecified atom stereocenters. The van der Waals surface area contributed by atoms with Gasteiger partial charge in [-0.15, -0.1) is 0 Å². The number of hydrogen-bond acceptors (Lipinski definition) is 2. The van der Waals surface area contributed by atoms with Crippen molar-refractivity contribution < 1.29 is 0 Å². The van der Waals surface area contributed by atoms with E-state index in [2.05, 4.69) is 17.7 Å². The number of nitrogens with one attached hydrogen (secondary N) is 2.